The molecule has 0 saturated heterocycles. The van der Waals surface area contributed by atoms with Crippen molar-refractivity contribution in [2.24, 2.45) is 0 Å². The molecule has 4 aromatic carbocycles. The van der Waals surface area contributed by atoms with Gasteiger partial charge in [0.15, 0.2) is 0 Å². The zero-order chi connectivity index (χ0) is 28.1. The van der Waals surface area contributed by atoms with E-state index in [9.17, 15) is 13.2 Å². The molecule has 0 aliphatic rings. The van der Waals surface area contributed by atoms with E-state index in [0.29, 0.717) is 21.5 Å². The molecule has 0 unspecified atom stereocenters. The van der Waals surface area contributed by atoms with Crippen LogP contribution in [0.4, 0.5) is 5.69 Å². The van der Waals surface area contributed by atoms with Gasteiger partial charge in [-0.25, -0.2) is 8.42 Å². The number of sulfonamides is 1. The van der Waals surface area contributed by atoms with E-state index < -0.39 is 15.9 Å². The Bertz CT molecular complexity index is 1740. The van der Waals surface area contributed by atoms with Crippen molar-refractivity contribution in [3.8, 4) is 21.9 Å². The minimum Gasteiger partial charge on any atom is -0.456 e. The number of halogens is 2. The fourth-order valence-electron chi connectivity index (χ4n) is 3.85. The minimum absolute atomic E-state index is 0.00820. The van der Waals surface area contributed by atoms with E-state index >= 15 is 0 Å². The predicted molar refractivity (Wildman–Crippen MR) is 161 cm³/mol. The molecule has 0 atom stereocenters. The fraction of sp³-hybridized carbons (Fsp3) is 0.0333. The van der Waals surface area contributed by atoms with Crippen LogP contribution in [0.3, 0.4) is 0 Å². The van der Waals surface area contributed by atoms with E-state index in [2.05, 4.69) is 10.0 Å². The second kappa shape index (κ2) is 12.1. The van der Waals surface area contributed by atoms with E-state index in [1.807, 2.05) is 41.8 Å². The van der Waals surface area contributed by atoms with Crippen molar-refractivity contribution < 1.29 is 17.9 Å². The van der Waals surface area contributed by atoms with Gasteiger partial charge in [0.1, 0.15) is 11.5 Å². The lowest BCUT2D eigenvalue weighted by Gasteiger charge is -2.14. The standard InChI is InChI=1S/C30H22Cl2N2O4S2/c31-22-11-16-27(25(18-22)30(35)33-19-20-7-9-21(10-8-20)29-6-3-17-39-29)34-40(36,37)24-14-12-23(13-15-24)38-28-5-2-1-4-26(28)32/h1-18,34H,19H2,(H,33,35). The summed E-state index contributed by atoms with van der Waals surface area (Å²) < 4.78 is 34.5. The third-order valence-electron chi connectivity index (χ3n) is 5.88. The predicted octanol–water partition coefficient (Wildman–Crippen LogP) is 8.25. The van der Waals surface area contributed by atoms with Gasteiger partial charge in [-0.05, 0) is 77.2 Å². The molecular weight excluding hydrogens is 587 g/mol. The van der Waals surface area contributed by atoms with Gasteiger partial charge in [-0.2, -0.15) is 0 Å². The van der Waals surface area contributed by atoms with Crippen LogP contribution in [0.25, 0.3) is 10.4 Å². The van der Waals surface area contributed by atoms with Crippen LogP contribution >= 0.6 is 34.5 Å². The van der Waals surface area contributed by atoms with Crippen molar-refractivity contribution in [1.29, 1.82) is 0 Å². The quantitative estimate of drug-likeness (QED) is 0.176. The lowest BCUT2D eigenvalue weighted by molar-refractivity contribution is 0.0952. The molecule has 5 aromatic rings. The van der Waals surface area contributed by atoms with Gasteiger partial charge in [-0.1, -0.05) is 65.7 Å². The van der Waals surface area contributed by atoms with Crippen LogP contribution in [0.15, 0.2) is 113 Å². The molecule has 2 N–H and O–H groups in total. The van der Waals surface area contributed by atoms with Crippen LogP contribution < -0.4 is 14.8 Å². The summed E-state index contributed by atoms with van der Waals surface area (Å²) in [5, 5.41) is 5.60. The SMILES string of the molecule is O=C(NCc1ccc(-c2cccs2)cc1)c1cc(Cl)ccc1NS(=O)(=O)c1ccc(Oc2ccccc2Cl)cc1. The molecule has 0 fully saturated rings. The van der Waals surface area contributed by atoms with Crippen molar-refractivity contribution in [3.05, 3.63) is 130 Å². The summed E-state index contributed by atoms with van der Waals surface area (Å²) in [5.74, 6) is 0.404. The Labute approximate surface area is 246 Å². The Balaban J connectivity index is 1.28. The second-order valence-electron chi connectivity index (χ2n) is 8.66. The normalized spacial score (nSPS) is 11.2. The number of anilines is 1. The summed E-state index contributed by atoms with van der Waals surface area (Å²) in [6.45, 7) is 0.259. The van der Waals surface area contributed by atoms with Crippen LogP contribution in [0.2, 0.25) is 10.0 Å². The molecule has 0 spiro atoms. The number of para-hydroxylation sites is 1. The number of benzene rings is 4. The molecule has 0 radical (unpaired) electrons. The molecule has 0 saturated carbocycles. The summed E-state index contributed by atoms with van der Waals surface area (Å²) >= 11 is 13.9. The molecule has 0 aliphatic heterocycles. The highest BCUT2D eigenvalue weighted by Crippen LogP contribution is 2.30. The fourth-order valence-corrected chi connectivity index (χ4v) is 6.00. The molecule has 1 heterocycles. The Morgan fingerprint density at radius 1 is 0.850 bits per heavy atom. The lowest BCUT2D eigenvalue weighted by Crippen LogP contribution is -2.25. The molecule has 5 rings (SSSR count). The first-order valence-corrected chi connectivity index (χ1v) is 15.2. The summed E-state index contributed by atoms with van der Waals surface area (Å²) in [6, 6.07) is 29.2. The Hall–Kier alpha value is -3.82. The maximum atomic E-state index is 13.2. The summed E-state index contributed by atoms with van der Waals surface area (Å²) in [7, 11) is -4.03. The zero-order valence-electron chi connectivity index (χ0n) is 20.8. The molecular formula is C30H22Cl2N2O4S2. The second-order valence-corrected chi connectivity index (χ2v) is 12.1. The third kappa shape index (κ3) is 6.66. The van der Waals surface area contributed by atoms with Crippen molar-refractivity contribution in [2.75, 3.05) is 4.72 Å². The topological polar surface area (TPSA) is 84.5 Å². The molecule has 10 heteroatoms. The van der Waals surface area contributed by atoms with Crippen molar-refractivity contribution in [2.45, 2.75) is 11.4 Å². The van der Waals surface area contributed by atoms with Gasteiger partial charge in [0.25, 0.3) is 15.9 Å². The molecule has 0 aliphatic carbocycles. The van der Waals surface area contributed by atoms with E-state index in [1.165, 1.54) is 42.5 Å². The molecule has 0 bridgehead atoms. The number of rotatable bonds is 9. The highest BCUT2D eigenvalue weighted by Gasteiger charge is 2.20. The van der Waals surface area contributed by atoms with Crippen LogP contribution in [-0.4, -0.2) is 14.3 Å². The Kier molecular flexibility index (Phi) is 8.42. The monoisotopic (exact) mass is 608 g/mol. The van der Waals surface area contributed by atoms with E-state index in [4.69, 9.17) is 27.9 Å². The van der Waals surface area contributed by atoms with Crippen molar-refractivity contribution in [1.82, 2.24) is 5.32 Å². The van der Waals surface area contributed by atoms with Crippen molar-refractivity contribution in [3.63, 3.8) is 0 Å². The average molecular weight is 610 g/mol. The lowest BCUT2D eigenvalue weighted by atomic mass is 10.1. The number of hydrogen-bond acceptors (Lipinski definition) is 5. The Morgan fingerprint density at radius 3 is 2.30 bits per heavy atom. The molecule has 1 amide bonds. The van der Waals surface area contributed by atoms with Gasteiger partial charge in [-0.15, -0.1) is 11.3 Å². The first-order valence-electron chi connectivity index (χ1n) is 12.0. The zero-order valence-corrected chi connectivity index (χ0v) is 23.9. The number of carbonyl (C=O) groups excluding carboxylic acids is 1. The number of amides is 1. The summed E-state index contributed by atoms with van der Waals surface area (Å²) in [4.78, 5) is 14.2. The Morgan fingerprint density at radius 2 is 1.60 bits per heavy atom. The van der Waals surface area contributed by atoms with E-state index in [-0.39, 0.29) is 22.7 Å². The van der Waals surface area contributed by atoms with Gasteiger partial charge in [0.2, 0.25) is 0 Å². The highest BCUT2D eigenvalue weighted by atomic mass is 35.5. The smallest absolute Gasteiger partial charge is 0.261 e. The van der Waals surface area contributed by atoms with Gasteiger partial charge in [0.05, 0.1) is 21.2 Å². The van der Waals surface area contributed by atoms with Crippen LogP contribution in [-0.2, 0) is 16.6 Å². The van der Waals surface area contributed by atoms with Gasteiger partial charge >= 0.3 is 0 Å². The number of ether oxygens (including phenoxy) is 1. The van der Waals surface area contributed by atoms with E-state index in [1.54, 1.807) is 35.6 Å². The van der Waals surface area contributed by atoms with E-state index in [0.717, 1.165) is 16.0 Å². The minimum atomic E-state index is -4.03. The van der Waals surface area contributed by atoms with Gasteiger partial charge in [0, 0.05) is 16.4 Å². The maximum Gasteiger partial charge on any atom is 0.261 e. The highest BCUT2D eigenvalue weighted by molar-refractivity contribution is 7.92. The van der Waals surface area contributed by atoms with Gasteiger partial charge < -0.3 is 10.1 Å². The largest absolute Gasteiger partial charge is 0.456 e. The maximum absolute atomic E-state index is 13.2. The van der Waals surface area contributed by atoms with Crippen molar-refractivity contribution >= 4 is 56.2 Å². The number of nitrogens with one attached hydrogen (secondary N) is 2. The van der Waals surface area contributed by atoms with Gasteiger partial charge in [-0.3, -0.25) is 9.52 Å². The number of thiophene rings is 1. The molecule has 202 valence electrons. The number of carbonyl (C=O) groups is 1. The number of hydrogen-bond donors (Lipinski definition) is 2. The van der Waals surface area contributed by atoms with Crippen LogP contribution in [0.5, 0.6) is 11.5 Å². The average Bonchev–Trinajstić information content (AvgIpc) is 3.50. The molecule has 40 heavy (non-hydrogen) atoms. The third-order valence-corrected chi connectivity index (χ3v) is 8.73. The first-order chi connectivity index (χ1) is 19.3. The molecule has 1 aromatic heterocycles. The summed E-state index contributed by atoms with van der Waals surface area (Å²) in [6.07, 6.45) is 0. The first kappa shape index (κ1) is 27.7. The molecule has 6 nitrogen and oxygen atoms in total. The summed E-state index contributed by atoms with van der Waals surface area (Å²) in [5.41, 5.74) is 2.20. The van der Waals surface area contributed by atoms with Crippen LogP contribution in [0, 0.1) is 0 Å². The van der Waals surface area contributed by atoms with Crippen LogP contribution in [0.1, 0.15) is 15.9 Å².